The summed E-state index contributed by atoms with van der Waals surface area (Å²) >= 11 is 0. The van der Waals surface area contributed by atoms with Crippen molar-refractivity contribution >= 4 is 17.6 Å². The third-order valence-electron chi connectivity index (χ3n) is 6.27. The first-order chi connectivity index (χ1) is 16.0. The van der Waals surface area contributed by atoms with Gasteiger partial charge in [0.2, 0.25) is 0 Å². The molecule has 0 bridgehead atoms. The van der Waals surface area contributed by atoms with Crippen LogP contribution in [0, 0.1) is 18.7 Å². The van der Waals surface area contributed by atoms with E-state index in [9.17, 15) is 14.0 Å². The summed E-state index contributed by atoms with van der Waals surface area (Å²) in [6, 6.07) is 14.0. The van der Waals surface area contributed by atoms with Crippen molar-refractivity contribution in [1.82, 2.24) is 9.91 Å². The number of rotatable bonds is 6. The van der Waals surface area contributed by atoms with Crippen LogP contribution < -0.4 is 0 Å². The lowest BCUT2D eigenvalue weighted by atomic mass is 9.97. The molecule has 2 aromatic carbocycles. The van der Waals surface area contributed by atoms with Crippen molar-refractivity contribution < 1.29 is 18.7 Å². The van der Waals surface area contributed by atoms with E-state index in [-0.39, 0.29) is 30.2 Å². The van der Waals surface area contributed by atoms with E-state index in [1.807, 2.05) is 36.1 Å². The topological polar surface area (TPSA) is 62.2 Å². The van der Waals surface area contributed by atoms with Crippen molar-refractivity contribution in [2.75, 3.05) is 26.2 Å². The molecule has 2 aliphatic rings. The predicted molar refractivity (Wildman–Crippen MR) is 124 cm³/mol. The summed E-state index contributed by atoms with van der Waals surface area (Å²) in [7, 11) is 0. The normalized spacial score (nSPS) is 21.1. The number of nitrogens with zero attached hydrogens (tertiary/aromatic N) is 3. The molecule has 0 spiro atoms. The minimum atomic E-state index is -0.500. The fraction of sp³-hybridized carbons (Fsp3) is 0.423. The maximum Gasteiger partial charge on any atom is 0.310 e. The summed E-state index contributed by atoms with van der Waals surface area (Å²) in [5.41, 5.74) is 3.26. The Morgan fingerprint density at radius 2 is 2.00 bits per heavy atom. The zero-order chi connectivity index (χ0) is 23.4. The Hall–Kier alpha value is -3.06. The Labute approximate surface area is 194 Å². The molecule has 0 radical (unpaired) electrons. The molecule has 0 aliphatic carbocycles. The Kier molecular flexibility index (Phi) is 7.18. The SMILES string of the molecule is CCOC(=O)[C@@H]1CCCN(CC(=O)N2N=C(c3cccc(C)c3)C[C@@H]2c2ccccc2F)C1. The predicted octanol–water partition coefficient (Wildman–Crippen LogP) is 4.09. The van der Waals surface area contributed by atoms with E-state index in [0.29, 0.717) is 25.1 Å². The van der Waals surface area contributed by atoms with E-state index in [0.717, 1.165) is 36.2 Å². The standard InChI is InChI=1S/C26H30FN3O3/c1-3-33-26(32)20-10-7-13-29(16-20)17-25(31)30-24(21-11-4-5-12-22(21)27)15-23(28-30)19-9-6-8-18(2)14-19/h4-6,8-9,11-12,14,20,24H,3,7,10,13,15-17H2,1-2H3/t20-,24-/m1/s1. The third-order valence-corrected chi connectivity index (χ3v) is 6.27. The number of hydrogen-bond donors (Lipinski definition) is 0. The van der Waals surface area contributed by atoms with Gasteiger partial charge >= 0.3 is 5.97 Å². The first-order valence-electron chi connectivity index (χ1n) is 11.6. The van der Waals surface area contributed by atoms with Crippen LogP contribution in [0.2, 0.25) is 0 Å². The molecule has 33 heavy (non-hydrogen) atoms. The van der Waals surface area contributed by atoms with Crippen molar-refractivity contribution in [2.24, 2.45) is 11.0 Å². The third kappa shape index (κ3) is 5.30. The lowest BCUT2D eigenvalue weighted by Crippen LogP contribution is -2.45. The quantitative estimate of drug-likeness (QED) is 0.621. The van der Waals surface area contributed by atoms with Crippen LogP contribution in [0.5, 0.6) is 0 Å². The molecule has 7 heteroatoms. The number of aryl methyl sites for hydroxylation is 1. The second-order valence-corrected chi connectivity index (χ2v) is 8.72. The lowest BCUT2D eigenvalue weighted by molar-refractivity contribution is -0.150. The van der Waals surface area contributed by atoms with E-state index in [1.54, 1.807) is 25.1 Å². The first kappa shape index (κ1) is 23.1. The number of hydrazone groups is 1. The van der Waals surface area contributed by atoms with Crippen LogP contribution in [0.3, 0.4) is 0 Å². The number of carbonyl (C=O) groups excluding carboxylic acids is 2. The van der Waals surface area contributed by atoms with Crippen LogP contribution in [0.25, 0.3) is 0 Å². The number of piperidine rings is 1. The van der Waals surface area contributed by atoms with E-state index in [4.69, 9.17) is 4.74 Å². The number of amides is 1. The number of esters is 1. The number of likely N-dealkylation sites (tertiary alicyclic amines) is 1. The summed E-state index contributed by atoms with van der Waals surface area (Å²) in [5.74, 6) is -0.977. The maximum absolute atomic E-state index is 14.7. The van der Waals surface area contributed by atoms with Crippen molar-refractivity contribution in [1.29, 1.82) is 0 Å². The maximum atomic E-state index is 14.7. The second-order valence-electron chi connectivity index (χ2n) is 8.72. The van der Waals surface area contributed by atoms with Crippen LogP contribution >= 0.6 is 0 Å². The first-order valence-corrected chi connectivity index (χ1v) is 11.6. The smallest absolute Gasteiger partial charge is 0.310 e. The van der Waals surface area contributed by atoms with E-state index < -0.39 is 6.04 Å². The zero-order valence-corrected chi connectivity index (χ0v) is 19.2. The van der Waals surface area contributed by atoms with Gasteiger partial charge in [-0.1, -0.05) is 48.0 Å². The molecule has 2 heterocycles. The highest BCUT2D eigenvalue weighted by Gasteiger charge is 2.36. The molecular formula is C26H30FN3O3. The second kappa shape index (κ2) is 10.3. The minimum Gasteiger partial charge on any atom is -0.466 e. The summed E-state index contributed by atoms with van der Waals surface area (Å²) in [4.78, 5) is 27.6. The monoisotopic (exact) mass is 451 g/mol. The number of benzene rings is 2. The Morgan fingerprint density at radius 1 is 1.18 bits per heavy atom. The van der Waals surface area contributed by atoms with Gasteiger partial charge in [0.05, 0.1) is 30.8 Å². The number of carbonyl (C=O) groups is 2. The number of ether oxygens (including phenoxy) is 1. The Balaban J connectivity index is 1.55. The largest absolute Gasteiger partial charge is 0.466 e. The van der Waals surface area contributed by atoms with Crippen molar-refractivity contribution in [2.45, 2.75) is 39.2 Å². The van der Waals surface area contributed by atoms with Gasteiger partial charge in [-0.25, -0.2) is 9.40 Å². The van der Waals surface area contributed by atoms with E-state index in [2.05, 4.69) is 5.10 Å². The van der Waals surface area contributed by atoms with Gasteiger partial charge in [-0.05, 0) is 44.9 Å². The van der Waals surface area contributed by atoms with Crippen molar-refractivity contribution in [3.05, 3.63) is 71.0 Å². The molecule has 2 atom stereocenters. The highest BCUT2D eigenvalue weighted by molar-refractivity contribution is 6.03. The zero-order valence-electron chi connectivity index (χ0n) is 19.2. The molecule has 0 unspecified atom stereocenters. The van der Waals surface area contributed by atoms with Crippen molar-refractivity contribution in [3.8, 4) is 0 Å². The van der Waals surface area contributed by atoms with E-state index >= 15 is 0 Å². The van der Waals surface area contributed by atoms with Crippen molar-refractivity contribution in [3.63, 3.8) is 0 Å². The van der Waals surface area contributed by atoms with Gasteiger partial charge in [0, 0.05) is 18.5 Å². The molecule has 6 nitrogen and oxygen atoms in total. The van der Waals surface area contributed by atoms with E-state index in [1.165, 1.54) is 11.1 Å². The Morgan fingerprint density at radius 3 is 2.76 bits per heavy atom. The molecule has 2 aliphatic heterocycles. The van der Waals surface area contributed by atoms with Gasteiger partial charge in [-0.2, -0.15) is 5.10 Å². The van der Waals surface area contributed by atoms with Crippen LogP contribution in [-0.2, 0) is 14.3 Å². The molecule has 1 amide bonds. The summed E-state index contributed by atoms with van der Waals surface area (Å²) in [5, 5.41) is 6.10. The molecule has 0 saturated carbocycles. The molecule has 1 fully saturated rings. The molecule has 4 rings (SSSR count). The van der Waals surface area contributed by atoms with Crippen LogP contribution in [0.15, 0.2) is 53.6 Å². The Bertz CT molecular complexity index is 1050. The minimum absolute atomic E-state index is 0.130. The molecular weight excluding hydrogens is 421 g/mol. The lowest BCUT2D eigenvalue weighted by Gasteiger charge is -2.32. The number of hydrogen-bond acceptors (Lipinski definition) is 5. The average molecular weight is 452 g/mol. The van der Waals surface area contributed by atoms with Gasteiger partial charge in [0.25, 0.3) is 5.91 Å². The summed E-state index contributed by atoms with van der Waals surface area (Å²) < 4.78 is 19.9. The summed E-state index contributed by atoms with van der Waals surface area (Å²) in [6.45, 7) is 5.49. The summed E-state index contributed by atoms with van der Waals surface area (Å²) in [6.07, 6.45) is 2.04. The van der Waals surface area contributed by atoms with Gasteiger partial charge in [0.15, 0.2) is 0 Å². The van der Waals surface area contributed by atoms with Gasteiger partial charge in [-0.3, -0.25) is 14.5 Å². The molecule has 174 valence electrons. The molecule has 2 aromatic rings. The fourth-order valence-corrected chi connectivity index (χ4v) is 4.64. The van der Waals surface area contributed by atoms with Crippen LogP contribution in [0.1, 0.15) is 48.9 Å². The molecule has 0 N–H and O–H groups in total. The van der Waals surface area contributed by atoms with Gasteiger partial charge < -0.3 is 4.74 Å². The molecule has 0 aromatic heterocycles. The van der Waals surface area contributed by atoms with Gasteiger partial charge in [0.1, 0.15) is 5.82 Å². The van der Waals surface area contributed by atoms with Crippen LogP contribution in [-0.4, -0.2) is 53.7 Å². The fourth-order valence-electron chi connectivity index (χ4n) is 4.64. The molecule has 1 saturated heterocycles. The highest BCUT2D eigenvalue weighted by Crippen LogP contribution is 2.34. The highest BCUT2D eigenvalue weighted by atomic mass is 19.1. The number of halogens is 1. The van der Waals surface area contributed by atoms with Crippen LogP contribution in [0.4, 0.5) is 4.39 Å². The van der Waals surface area contributed by atoms with Gasteiger partial charge in [-0.15, -0.1) is 0 Å². The average Bonchev–Trinajstić information content (AvgIpc) is 3.25.